The van der Waals surface area contributed by atoms with Crippen molar-refractivity contribution in [3.63, 3.8) is 0 Å². The summed E-state index contributed by atoms with van der Waals surface area (Å²) >= 11 is 0. The molecule has 0 radical (unpaired) electrons. The molecular formula is C16H20N4O3S. The van der Waals surface area contributed by atoms with E-state index < -0.39 is 16.3 Å². The van der Waals surface area contributed by atoms with Gasteiger partial charge in [0.2, 0.25) is 0 Å². The lowest BCUT2D eigenvalue weighted by Crippen LogP contribution is -2.20. The van der Waals surface area contributed by atoms with Crippen LogP contribution in [0.3, 0.4) is 0 Å². The van der Waals surface area contributed by atoms with E-state index in [0.717, 1.165) is 29.0 Å². The highest BCUT2D eigenvalue weighted by Crippen LogP contribution is 2.41. The Morgan fingerprint density at radius 1 is 1.33 bits per heavy atom. The number of nitrogens with one attached hydrogen (secondary N) is 1. The summed E-state index contributed by atoms with van der Waals surface area (Å²) in [6.07, 6.45) is 1.85. The third-order valence-corrected chi connectivity index (χ3v) is 4.34. The fraction of sp³-hybridized carbons (Fsp3) is 0.375. The minimum absolute atomic E-state index is 0.636. The number of fused-ring (bicyclic) bond motifs is 2. The Morgan fingerprint density at radius 2 is 2.08 bits per heavy atom. The molecule has 24 heavy (non-hydrogen) atoms. The van der Waals surface area contributed by atoms with Crippen LogP contribution in [0.1, 0.15) is 30.0 Å². The van der Waals surface area contributed by atoms with Crippen LogP contribution in [0.15, 0.2) is 24.4 Å². The Balaban J connectivity index is 2.26. The largest absolute Gasteiger partial charge is 0.352 e. The molecular weight excluding hydrogens is 328 g/mol. The van der Waals surface area contributed by atoms with Gasteiger partial charge in [-0.2, -0.15) is 8.42 Å². The van der Waals surface area contributed by atoms with Crippen molar-refractivity contribution >= 4 is 27.4 Å². The summed E-state index contributed by atoms with van der Waals surface area (Å²) in [6.45, 7) is 6.52. The van der Waals surface area contributed by atoms with E-state index in [2.05, 4.69) is 15.3 Å². The summed E-state index contributed by atoms with van der Waals surface area (Å²) in [5.74, 6) is 1.35. The second-order valence-electron chi connectivity index (χ2n) is 5.76. The minimum Gasteiger partial charge on any atom is -0.352 e. The maximum absolute atomic E-state index is 11.7. The predicted molar refractivity (Wildman–Crippen MR) is 92.9 cm³/mol. The van der Waals surface area contributed by atoms with Gasteiger partial charge in [-0.25, -0.2) is 14.2 Å². The number of hydrogen-bond acceptors (Lipinski definition) is 7. The summed E-state index contributed by atoms with van der Waals surface area (Å²) < 4.78 is 28.7. The van der Waals surface area contributed by atoms with Crippen LogP contribution < -0.4 is 10.2 Å². The molecule has 1 unspecified atom stereocenters. The molecule has 0 saturated carbocycles. The molecule has 3 heterocycles. The van der Waals surface area contributed by atoms with E-state index in [1.54, 1.807) is 12.3 Å². The maximum atomic E-state index is 11.7. The number of nitrogens with zero attached hydrogens (tertiary/aromatic N) is 3. The van der Waals surface area contributed by atoms with Gasteiger partial charge in [0, 0.05) is 24.0 Å². The van der Waals surface area contributed by atoms with Crippen molar-refractivity contribution in [2.45, 2.75) is 27.0 Å². The molecule has 2 aromatic heterocycles. The average Bonchev–Trinajstić information content (AvgIpc) is 2.61. The average molecular weight is 348 g/mol. The molecule has 1 aliphatic rings. The van der Waals surface area contributed by atoms with Crippen LogP contribution in [0.25, 0.3) is 0 Å². The van der Waals surface area contributed by atoms with Gasteiger partial charge in [0.15, 0.2) is 12.0 Å². The molecule has 1 atom stereocenters. The van der Waals surface area contributed by atoms with E-state index in [1.165, 1.54) is 0 Å². The zero-order chi connectivity index (χ0) is 17.5. The Morgan fingerprint density at radius 3 is 2.75 bits per heavy atom. The molecule has 128 valence electrons. The van der Waals surface area contributed by atoms with Crippen molar-refractivity contribution in [3.8, 4) is 0 Å². The molecule has 7 nitrogen and oxygen atoms in total. The van der Waals surface area contributed by atoms with Crippen molar-refractivity contribution < 1.29 is 12.6 Å². The Labute approximate surface area is 141 Å². The van der Waals surface area contributed by atoms with E-state index in [-0.39, 0.29) is 0 Å². The van der Waals surface area contributed by atoms with Gasteiger partial charge in [0.25, 0.3) is 10.1 Å². The molecule has 0 spiro atoms. The molecule has 1 N–H and O–H groups in total. The van der Waals surface area contributed by atoms with Gasteiger partial charge in [-0.05, 0) is 44.5 Å². The van der Waals surface area contributed by atoms with Crippen LogP contribution in [0.4, 0.5) is 17.3 Å². The predicted octanol–water partition coefficient (Wildman–Crippen LogP) is 2.65. The molecule has 3 rings (SSSR count). The lowest BCUT2D eigenvalue weighted by molar-refractivity contribution is 0.246. The van der Waals surface area contributed by atoms with Crippen molar-refractivity contribution in [2.24, 2.45) is 0 Å². The highest BCUT2D eigenvalue weighted by atomic mass is 32.2. The maximum Gasteiger partial charge on any atom is 0.266 e. The van der Waals surface area contributed by atoms with Crippen LogP contribution in [-0.2, 0) is 14.3 Å². The Hall–Kier alpha value is -2.19. The second kappa shape index (κ2) is 6.03. The first kappa shape index (κ1) is 16.7. The van der Waals surface area contributed by atoms with Crippen LogP contribution in [0.5, 0.6) is 0 Å². The van der Waals surface area contributed by atoms with Crippen molar-refractivity contribution in [1.82, 2.24) is 9.97 Å². The smallest absolute Gasteiger partial charge is 0.266 e. The van der Waals surface area contributed by atoms with Gasteiger partial charge in [0.05, 0.1) is 11.9 Å². The SMILES string of the molecule is CCN1c2ncccc2C(OS(C)(=O)=O)Nc2c(C)cc(C)nc21. The Kier molecular flexibility index (Phi) is 4.18. The molecule has 0 saturated heterocycles. The first-order valence-electron chi connectivity index (χ1n) is 7.65. The number of rotatable bonds is 3. The summed E-state index contributed by atoms with van der Waals surface area (Å²) in [6, 6.07) is 5.51. The summed E-state index contributed by atoms with van der Waals surface area (Å²) in [5, 5.41) is 3.19. The molecule has 2 aromatic rings. The molecule has 0 aliphatic carbocycles. The van der Waals surface area contributed by atoms with Gasteiger partial charge in [-0.3, -0.25) is 0 Å². The van der Waals surface area contributed by atoms with Gasteiger partial charge in [-0.15, -0.1) is 0 Å². The standard InChI is InChI=1S/C16H20N4O3S/c1-5-20-14-12(7-6-8-17-14)16(23-24(4,21)22)19-13-10(2)9-11(3)18-15(13)20/h6-9,16,19H,5H2,1-4H3. The molecule has 0 fully saturated rings. The first-order chi connectivity index (χ1) is 11.3. The Bertz CT molecular complexity index is 883. The molecule has 1 aliphatic heterocycles. The number of aromatic nitrogens is 2. The zero-order valence-electron chi connectivity index (χ0n) is 14.1. The number of hydrogen-bond donors (Lipinski definition) is 1. The first-order valence-corrected chi connectivity index (χ1v) is 9.47. The van der Waals surface area contributed by atoms with Crippen LogP contribution >= 0.6 is 0 Å². The monoisotopic (exact) mass is 348 g/mol. The lowest BCUT2D eigenvalue weighted by atomic mass is 10.2. The zero-order valence-corrected chi connectivity index (χ0v) is 14.9. The fourth-order valence-electron chi connectivity index (χ4n) is 2.89. The highest BCUT2D eigenvalue weighted by Gasteiger charge is 2.31. The van der Waals surface area contributed by atoms with Crippen molar-refractivity contribution in [2.75, 3.05) is 23.0 Å². The summed E-state index contributed by atoms with van der Waals surface area (Å²) in [4.78, 5) is 11.0. The molecule has 0 amide bonds. The van der Waals surface area contributed by atoms with E-state index in [0.29, 0.717) is 17.9 Å². The minimum atomic E-state index is -3.66. The van der Waals surface area contributed by atoms with Gasteiger partial charge in [0.1, 0.15) is 5.82 Å². The van der Waals surface area contributed by atoms with Crippen LogP contribution in [0.2, 0.25) is 0 Å². The van der Waals surface area contributed by atoms with Crippen molar-refractivity contribution in [1.29, 1.82) is 0 Å². The van der Waals surface area contributed by atoms with E-state index in [4.69, 9.17) is 4.18 Å². The molecule has 8 heteroatoms. The second-order valence-corrected chi connectivity index (χ2v) is 7.37. The van der Waals surface area contributed by atoms with E-state index >= 15 is 0 Å². The lowest BCUT2D eigenvalue weighted by Gasteiger charge is -2.23. The van der Waals surface area contributed by atoms with Crippen LogP contribution in [-0.4, -0.2) is 31.2 Å². The summed E-state index contributed by atoms with van der Waals surface area (Å²) in [7, 11) is -3.66. The van der Waals surface area contributed by atoms with Crippen molar-refractivity contribution in [3.05, 3.63) is 41.2 Å². The highest BCUT2D eigenvalue weighted by molar-refractivity contribution is 7.86. The number of aryl methyl sites for hydroxylation is 2. The van der Waals surface area contributed by atoms with Gasteiger partial charge < -0.3 is 10.2 Å². The molecule has 0 aromatic carbocycles. The summed E-state index contributed by atoms with van der Waals surface area (Å²) in [5.41, 5.74) is 3.24. The molecule has 0 bridgehead atoms. The van der Waals surface area contributed by atoms with Gasteiger partial charge in [-0.1, -0.05) is 0 Å². The fourth-order valence-corrected chi connectivity index (χ4v) is 3.39. The number of pyridine rings is 2. The normalized spacial score (nSPS) is 16.8. The topological polar surface area (TPSA) is 84.4 Å². The third-order valence-electron chi connectivity index (χ3n) is 3.80. The van der Waals surface area contributed by atoms with Gasteiger partial charge >= 0.3 is 0 Å². The van der Waals surface area contributed by atoms with E-state index in [9.17, 15) is 8.42 Å². The quantitative estimate of drug-likeness (QED) is 0.854. The van der Waals surface area contributed by atoms with E-state index in [1.807, 2.05) is 37.8 Å². The van der Waals surface area contributed by atoms with Crippen LogP contribution in [0, 0.1) is 13.8 Å². The number of anilines is 3. The third kappa shape index (κ3) is 3.07.